The molecule has 6 rings (SSSR count). The molecule has 0 saturated heterocycles. The van der Waals surface area contributed by atoms with E-state index >= 15 is 0 Å². The minimum atomic E-state index is -0.767. The van der Waals surface area contributed by atoms with Gasteiger partial charge in [-0.3, -0.25) is 9.36 Å². The fraction of sp³-hybridized carbons (Fsp3) is 0.179. The highest BCUT2D eigenvalue weighted by atomic mass is 35.5. The number of fused-ring (bicyclic) bond motifs is 2. The largest absolute Gasteiger partial charge is 0.463 e. The first kappa shape index (κ1) is 25.5. The van der Waals surface area contributed by atoms with Crippen LogP contribution >= 0.6 is 34.5 Å². The minimum Gasteiger partial charge on any atom is -0.463 e. The molecule has 1 atom stereocenters. The second kappa shape index (κ2) is 10.1. The number of carbonyl (C=O) groups excluding carboxylic acids is 1. The van der Waals surface area contributed by atoms with Gasteiger partial charge in [-0.25, -0.2) is 9.79 Å². The van der Waals surface area contributed by atoms with Gasteiger partial charge in [-0.2, -0.15) is 0 Å². The number of aromatic nitrogens is 1. The van der Waals surface area contributed by atoms with Crippen LogP contribution in [0, 0.1) is 0 Å². The Kier molecular flexibility index (Phi) is 6.58. The Morgan fingerprint density at radius 3 is 2.77 bits per heavy atom. The molecule has 4 heterocycles. The number of carbonyl (C=O) groups is 1. The molecule has 0 spiro atoms. The molecule has 0 amide bonds. The summed E-state index contributed by atoms with van der Waals surface area (Å²) in [6.45, 7) is 3.76. The molecule has 0 fully saturated rings. The summed E-state index contributed by atoms with van der Waals surface area (Å²) in [4.78, 5) is 31.9. The van der Waals surface area contributed by atoms with Gasteiger partial charge in [0.1, 0.15) is 11.5 Å². The number of thiazole rings is 1. The fourth-order valence-corrected chi connectivity index (χ4v) is 6.11. The van der Waals surface area contributed by atoms with Crippen molar-refractivity contribution in [1.29, 1.82) is 0 Å². The van der Waals surface area contributed by atoms with Crippen LogP contribution in [-0.4, -0.2) is 23.9 Å². The molecular weight excluding hydrogens is 563 g/mol. The molecule has 0 aliphatic carbocycles. The van der Waals surface area contributed by atoms with Gasteiger partial charge in [-0.05, 0) is 61.9 Å². The van der Waals surface area contributed by atoms with E-state index in [-0.39, 0.29) is 24.5 Å². The van der Waals surface area contributed by atoms with Crippen molar-refractivity contribution in [2.75, 3.05) is 13.4 Å². The van der Waals surface area contributed by atoms with Gasteiger partial charge in [0, 0.05) is 16.7 Å². The number of esters is 1. The molecule has 198 valence electrons. The lowest BCUT2D eigenvalue weighted by Crippen LogP contribution is -2.39. The zero-order valence-electron chi connectivity index (χ0n) is 20.7. The maximum atomic E-state index is 13.8. The number of allylic oxidation sites excluding steroid dienone is 1. The zero-order chi connectivity index (χ0) is 27.3. The SMILES string of the molecule is CCOC(=O)C1=C(C)N=c2s/c(=C\c3ccc(-c4ccc(Cl)cc4Cl)o3)c(=O)n2[C@@H]1c1ccc2c(c1)OCO2. The van der Waals surface area contributed by atoms with Crippen LogP contribution < -0.4 is 24.4 Å². The number of hydrogen-bond acceptors (Lipinski definition) is 8. The second-order valence-corrected chi connectivity index (χ2v) is 10.6. The molecule has 8 nitrogen and oxygen atoms in total. The summed E-state index contributed by atoms with van der Waals surface area (Å²) >= 11 is 13.6. The number of furan rings is 1. The Bertz CT molecular complexity index is 1850. The number of hydrogen-bond donors (Lipinski definition) is 0. The first-order chi connectivity index (χ1) is 18.8. The summed E-state index contributed by atoms with van der Waals surface area (Å²) in [7, 11) is 0. The van der Waals surface area contributed by atoms with Gasteiger partial charge in [0.2, 0.25) is 6.79 Å². The fourth-order valence-electron chi connectivity index (χ4n) is 4.58. The maximum Gasteiger partial charge on any atom is 0.338 e. The molecule has 4 aromatic rings. The van der Waals surface area contributed by atoms with E-state index in [1.165, 1.54) is 15.9 Å². The number of ether oxygens (including phenoxy) is 3. The van der Waals surface area contributed by atoms with Crippen molar-refractivity contribution in [3.05, 3.63) is 101 Å². The summed E-state index contributed by atoms with van der Waals surface area (Å²) in [5.41, 5.74) is 1.79. The van der Waals surface area contributed by atoms with Gasteiger partial charge in [0.25, 0.3) is 5.56 Å². The predicted octanol–water partition coefficient (Wildman–Crippen LogP) is 5.09. The van der Waals surface area contributed by atoms with Crippen LogP contribution in [-0.2, 0) is 9.53 Å². The Hall–Kier alpha value is -3.79. The number of benzene rings is 2. The Morgan fingerprint density at radius 2 is 1.97 bits per heavy atom. The van der Waals surface area contributed by atoms with Crippen molar-refractivity contribution < 1.29 is 23.4 Å². The van der Waals surface area contributed by atoms with Gasteiger partial charge in [0.05, 0.1) is 33.5 Å². The van der Waals surface area contributed by atoms with E-state index in [1.807, 2.05) is 6.07 Å². The lowest BCUT2D eigenvalue weighted by atomic mass is 9.95. The molecule has 2 aliphatic rings. The van der Waals surface area contributed by atoms with Gasteiger partial charge in [0.15, 0.2) is 16.3 Å². The molecular formula is C28H20Cl2N2O6S. The molecule has 0 radical (unpaired) electrons. The average Bonchev–Trinajstić information content (AvgIpc) is 3.63. The smallest absolute Gasteiger partial charge is 0.338 e. The third-order valence-electron chi connectivity index (χ3n) is 6.33. The molecule has 0 unspecified atom stereocenters. The van der Waals surface area contributed by atoms with Crippen LogP contribution in [0.5, 0.6) is 11.5 Å². The van der Waals surface area contributed by atoms with E-state index in [4.69, 9.17) is 41.8 Å². The van der Waals surface area contributed by atoms with Crippen LogP contribution in [0.2, 0.25) is 10.0 Å². The quantitative estimate of drug-likeness (QED) is 0.304. The summed E-state index contributed by atoms with van der Waals surface area (Å²) in [5.74, 6) is 1.60. The van der Waals surface area contributed by atoms with Crippen LogP contribution in [0.3, 0.4) is 0 Å². The number of rotatable bonds is 5. The van der Waals surface area contributed by atoms with E-state index in [2.05, 4.69) is 4.99 Å². The van der Waals surface area contributed by atoms with Crippen molar-refractivity contribution in [2.24, 2.45) is 4.99 Å². The predicted molar refractivity (Wildman–Crippen MR) is 147 cm³/mol. The molecule has 0 bridgehead atoms. The Morgan fingerprint density at radius 1 is 1.15 bits per heavy atom. The summed E-state index contributed by atoms with van der Waals surface area (Å²) < 4.78 is 24.2. The van der Waals surface area contributed by atoms with Gasteiger partial charge in [-0.15, -0.1) is 0 Å². The molecule has 0 N–H and O–H groups in total. The zero-order valence-corrected chi connectivity index (χ0v) is 23.0. The van der Waals surface area contributed by atoms with E-state index < -0.39 is 12.0 Å². The molecule has 2 aromatic heterocycles. The molecule has 39 heavy (non-hydrogen) atoms. The monoisotopic (exact) mass is 582 g/mol. The van der Waals surface area contributed by atoms with Crippen molar-refractivity contribution in [3.63, 3.8) is 0 Å². The van der Waals surface area contributed by atoms with E-state index in [0.29, 0.717) is 59.2 Å². The summed E-state index contributed by atoms with van der Waals surface area (Å²) in [5, 5.41) is 0.972. The van der Waals surface area contributed by atoms with Gasteiger partial charge >= 0.3 is 5.97 Å². The third kappa shape index (κ3) is 4.56. The molecule has 11 heteroatoms. The Balaban J connectivity index is 1.48. The Labute approximate surface area is 236 Å². The van der Waals surface area contributed by atoms with Crippen LogP contribution in [0.1, 0.15) is 31.2 Å². The van der Waals surface area contributed by atoms with E-state index in [1.54, 1.807) is 62.4 Å². The lowest BCUT2D eigenvalue weighted by molar-refractivity contribution is -0.139. The molecule has 2 aliphatic heterocycles. The highest BCUT2D eigenvalue weighted by molar-refractivity contribution is 7.07. The molecule has 0 saturated carbocycles. The highest BCUT2D eigenvalue weighted by Gasteiger charge is 2.34. The summed E-state index contributed by atoms with van der Waals surface area (Å²) in [6, 6.07) is 13.2. The maximum absolute atomic E-state index is 13.8. The van der Waals surface area contributed by atoms with Crippen LogP contribution in [0.15, 0.2) is 74.0 Å². The standard InChI is InChI=1S/C28H20Cl2N2O6S/c1-3-35-27(34)24-14(2)31-28-32(25(24)15-4-8-21-22(10-15)37-13-36-21)26(33)23(39-28)12-17-6-9-20(38-17)18-7-5-16(29)11-19(18)30/h4-12,25H,3,13H2,1-2H3/b23-12-/t25-/m1/s1. The summed E-state index contributed by atoms with van der Waals surface area (Å²) in [6.07, 6.45) is 1.65. The molecule has 2 aromatic carbocycles. The topological polar surface area (TPSA) is 92.3 Å². The van der Waals surface area contributed by atoms with Gasteiger partial charge < -0.3 is 18.6 Å². The first-order valence-corrected chi connectivity index (χ1v) is 13.6. The third-order valence-corrected chi connectivity index (χ3v) is 7.86. The first-order valence-electron chi connectivity index (χ1n) is 12.0. The lowest BCUT2D eigenvalue weighted by Gasteiger charge is -2.24. The van der Waals surface area contributed by atoms with E-state index in [9.17, 15) is 9.59 Å². The normalized spacial score (nSPS) is 16.3. The highest BCUT2D eigenvalue weighted by Crippen LogP contribution is 2.38. The van der Waals surface area contributed by atoms with Crippen molar-refractivity contribution in [3.8, 4) is 22.8 Å². The van der Waals surface area contributed by atoms with Crippen LogP contribution in [0.4, 0.5) is 0 Å². The van der Waals surface area contributed by atoms with Crippen LogP contribution in [0.25, 0.3) is 17.4 Å². The minimum absolute atomic E-state index is 0.105. The second-order valence-electron chi connectivity index (χ2n) is 8.74. The van der Waals surface area contributed by atoms with Crippen molar-refractivity contribution >= 4 is 46.6 Å². The number of halogens is 2. The van der Waals surface area contributed by atoms with Crippen molar-refractivity contribution in [2.45, 2.75) is 19.9 Å². The van der Waals surface area contributed by atoms with Crippen molar-refractivity contribution in [1.82, 2.24) is 4.57 Å². The average molecular weight is 583 g/mol. The van der Waals surface area contributed by atoms with Gasteiger partial charge in [-0.1, -0.05) is 40.6 Å². The number of nitrogens with zero attached hydrogens (tertiary/aromatic N) is 2. The van der Waals surface area contributed by atoms with E-state index in [0.717, 1.165) is 0 Å².